The molecule has 0 aliphatic carbocycles. The maximum Gasteiger partial charge on any atom is 0.257 e. The molecule has 0 bridgehead atoms. The standard InChI is InChI=1S/C10H14N2O2/c1-11-3-5-12(6-4-11)10(13)9-2-7-14-8-9/h2,7-8H,3-6H2,1H3. The van der Waals surface area contributed by atoms with E-state index in [-0.39, 0.29) is 5.91 Å². The van der Waals surface area contributed by atoms with Crippen molar-refractivity contribution >= 4 is 5.91 Å². The zero-order valence-corrected chi connectivity index (χ0v) is 8.27. The van der Waals surface area contributed by atoms with Crippen molar-refractivity contribution < 1.29 is 9.21 Å². The third-order valence-corrected chi connectivity index (χ3v) is 2.56. The van der Waals surface area contributed by atoms with Crippen LogP contribution in [0.2, 0.25) is 0 Å². The van der Waals surface area contributed by atoms with Gasteiger partial charge in [-0.3, -0.25) is 4.79 Å². The number of piperazine rings is 1. The highest BCUT2D eigenvalue weighted by molar-refractivity contribution is 5.93. The molecule has 1 amide bonds. The summed E-state index contributed by atoms with van der Waals surface area (Å²) in [6.07, 6.45) is 3.03. The second kappa shape index (κ2) is 3.84. The van der Waals surface area contributed by atoms with Crippen molar-refractivity contribution in [1.82, 2.24) is 9.80 Å². The Balaban J connectivity index is 1.99. The quantitative estimate of drug-likeness (QED) is 0.659. The molecule has 0 saturated carbocycles. The first-order valence-electron chi connectivity index (χ1n) is 4.77. The van der Waals surface area contributed by atoms with E-state index in [1.807, 2.05) is 4.90 Å². The number of carbonyl (C=O) groups excluding carboxylic acids is 1. The van der Waals surface area contributed by atoms with Crippen LogP contribution in [-0.2, 0) is 0 Å². The molecule has 2 heterocycles. The molecule has 0 unspecified atom stereocenters. The van der Waals surface area contributed by atoms with Crippen molar-refractivity contribution in [1.29, 1.82) is 0 Å². The lowest BCUT2D eigenvalue weighted by Crippen LogP contribution is -2.47. The summed E-state index contributed by atoms with van der Waals surface area (Å²) in [6, 6.07) is 1.71. The van der Waals surface area contributed by atoms with Gasteiger partial charge in [-0.15, -0.1) is 0 Å². The van der Waals surface area contributed by atoms with Crippen molar-refractivity contribution in [3.63, 3.8) is 0 Å². The van der Waals surface area contributed by atoms with Gasteiger partial charge < -0.3 is 14.2 Å². The first kappa shape index (κ1) is 9.27. The van der Waals surface area contributed by atoms with Gasteiger partial charge in [-0.1, -0.05) is 0 Å². The monoisotopic (exact) mass is 194 g/mol. The van der Waals surface area contributed by atoms with Gasteiger partial charge in [0.25, 0.3) is 5.91 Å². The molecule has 2 rings (SSSR count). The third-order valence-electron chi connectivity index (χ3n) is 2.56. The van der Waals surface area contributed by atoms with Crippen molar-refractivity contribution in [2.45, 2.75) is 0 Å². The Morgan fingerprint density at radius 1 is 1.36 bits per heavy atom. The van der Waals surface area contributed by atoms with Crippen molar-refractivity contribution in [2.75, 3.05) is 33.2 Å². The highest BCUT2D eigenvalue weighted by Crippen LogP contribution is 2.08. The van der Waals surface area contributed by atoms with Gasteiger partial charge in [-0.25, -0.2) is 0 Å². The average Bonchev–Trinajstić information content (AvgIpc) is 2.71. The number of nitrogens with zero attached hydrogens (tertiary/aromatic N) is 2. The normalized spacial score (nSPS) is 18.5. The van der Waals surface area contributed by atoms with Crippen LogP contribution in [0.25, 0.3) is 0 Å². The van der Waals surface area contributed by atoms with Crippen LogP contribution in [0.15, 0.2) is 23.0 Å². The molecule has 1 fully saturated rings. The van der Waals surface area contributed by atoms with Crippen LogP contribution in [0.5, 0.6) is 0 Å². The minimum Gasteiger partial charge on any atom is -0.472 e. The molecule has 14 heavy (non-hydrogen) atoms. The second-order valence-corrected chi connectivity index (χ2v) is 3.61. The van der Waals surface area contributed by atoms with Gasteiger partial charge in [0.05, 0.1) is 11.8 Å². The topological polar surface area (TPSA) is 36.7 Å². The fourth-order valence-electron chi connectivity index (χ4n) is 1.58. The molecule has 4 nitrogen and oxygen atoms in total. The predicted octanol–water partition coefficient (Wildman–Crippen LogP) is 0.667. The first-order valence-corrected chi connectivity index (χ1v) is 4.77. The van der Waals surface area contributed by atoms with Gasteiger partial charge in [-0.2, -0.15) is 0 Å². The molecule has 1 aromatic rings. The SMILES string of the molecule is CN1CCN(C(=O)c2ccoc2)CC1. The predicted molar refractivity (Wildman–Crippen MR) is 52.1 cm³/mol. The van der Waals surface area contributed by atoms with Gasteiger partial charge in [0.2, 0.25) is 0 Å². The molecule has 0 aromatic carbocycles. The average molecular weight is 194 g/mol. The Labute approximate surface area is 83.1 Å². The summed E-state index contributed by atoms with van der Waals surface area (Å²) in [5.74, 6) is 0.0758. The summed E-state index contributed by atoms with van der Waals surface area (Å²) < 4.78 is 4.89. The summed E-state index contributed by atoms with van der Waals surface area (Å²) >= 11 is 0. The van der Waals surface area contributed by atoms with Gasteiger partial charge in [0, 0.05) is 26.2 Å². The summed E-state index contributed by atoms with van der Waals surface area (Å²) in [7, 11) is 2.07. The van der Waals surface area contributed by atoms with Crippen molar-refractivity contribution in [3.8, 4) is 0 Å². The van der Waals surface area contributed by atoms with E-state index in [0.717, 1.165) is 26.2 Å². The van der Waals surface area contributed by atoms with Crippen molar-refractivity contribution in [3.05, 3.63) is 24.2 Å². The van der Waals surface area contributed by atoms with Gasteiger partial charge in [0.1, 0.15) is 6.26 Å². The first-order chi connectivity index (χ1) is 6.77. The number of hydrogen-bond donors (Lipinski definition) is 0. The van der Waals surface area contributed by atoms with Crippen LogP contribution in [0.1, 0.15) is 10.4 Å². The maximum atomic E-state index is 11.8. The molecule has 1 saturated heterocycles. The summed E-state index contributed by atoms with van der Waals surface area (Å²) in [4.78, 5) is 15.9. The van der Waals surface area contributed by atoms with Crippen LogP contribution < -0.4 is 0 Å². The minimum absolute atomic E-state index is 0.0758. The molecule has 1 aromatic heterocycles. The van der Waals surface area contributed by atoms with Crippen LogP contribution in [0.3, 0.4) is 0 Å². The van der Waals surface area contributed by atoms with E-state index in [1.165, 1.54) is 12.5 Å². The summed E-state index contributed by atoms with van der Waals surface area (Å²) in [5.41, 5.74) is 0.648. The molecule has 4 heteroatoms. The Hall–Kier alpha value is -1.29. The van der Waals surface area contributed by atoms with Crippen molar-refractivity contribution in [2.24, 2.45) is 0 Å². The van der Waals surface area contributed by atoms with Crippen LogP contribution in [0, 0.1) is 0 Å². The summed E-state index contributed by atoms with van der Waals surface area (Å²) in [6.45, 7) is 3.51. The Morgan fingerprint density at radius 3 is 2.64 bits per heavy atom. The van der Waals surface area contributed by atoms with Crippen LogP contribution in [0.4, 0.5) is 0 Å². The van der Waals surface area contributed by atoms with E-state index in [4.69, 9.17) is 4.42 Å². The zero-order valence-electron chi connectivity index (χ0n) is 8.27. The van der Waals surface area contributed by atoms with E-state index >= 15 is 0 Å². The van der Waals surface area contributed by atoms with Gasteiger partial charge >= 0.3 is 0 Å². The fraction of sp³-hybridized carbons (Fsp3) is 0.500. The number of likely N-dealkylation sites (N-methyl/N-ethyl adjacent to an activating group) is 1. The molecule has 0 atom stereocenters. The Morgan fingerprint density at radius 2 is 2.07 bits per heavy atom. The fourth-order valence-corrected chi connectivity index (χ4v) is 1.58. The molecular weight excluding hydrogens is 180 g/mol. The van der Waals surface area contributed by atoms with Gasteiger partial charge in [0.15, 0.2) is 0 Å². The Bertz CT molecular complexity index is 300. The van der Waals surface area contributed by atoms with E-state index in [2.05, 4.69) is 11.9 Å². The van der Waals surface area contributed by atoms with E-state index < -0.39 is 0 Å². The van der Waals surface area contributed by atoms with Crippen LogP contribution in [-0.4, -0.2) is 48.9 Å². The smallest absolute Gasteiger partial charge is 0.257 e. The molecule has 0 spiro atoms. The number of rotatable bonds is 1. The number of furan rings is 1. The lowest BCUT2D eigenvalue weighted by Gasteiger charge is -2.32. The molecule has 0 N–H and O–H groups in total. The summed E-state index contributed by atoms with van der Waals surface area (Å²) in [5, 5.41) is 0. The zero-order chi connectivity index (χ0) is 9.97. The van der Waals surface area contributed by atoms with E-state index in [1.54, 1.807) is 6.07 Å². The molecule has 0 radical (unpaired) electrons. The molecule has 76 valence electrons. The molecule has 1 aliphatic heterocycles. The number of amides is 1. The van der Waals surface area contributed by atoms with E-state index in [0.29, 0.717) is 5.56 Å². The molecular formula is C10H14N2O2. The molecule has 1 aliphatic rings. The minimum atomic E-state index is 0.0758. The number of carbonyl (C=O) groups is 1. The highest BCUT2D eigenvalue weighted by Gasteiger charge is 2.20. The lowest BCUT2D eigenvalue weighted by atomic mass is 10.2. The third kappa shape index (κ3) is 1.80. The lowest BCUT2D eigenvalue weighted by molar-refractivity contribution is 0.0663. The highest BCUT2D eigenvalue weighted by atomic mass is 16.3. The van der Waals surface area contributed by atoms with Gasteiger partial charge in [-0.05, 0) is 13.1 Å². The second-order valence-electron chi connectivity index (χ2n) is 3.61. The largest absolute Gasteiger partial charge is 0.472 e. The number of hydrogen-bond acceptors (Lipinski definition) is 3. The van der Waals surface area contributed by atoms with Crippen LogP contribution >= 0.6 is 0 Å². The van der Waals surface area contributed by atoms with E-state index in [9.17, 15) is 4.79 Å². The Kier molecular flexibility index (Phi) is 2.54. The maximum absolute atomic E-state index is 11.8.